The zero-order chi connectivity index (χ0) is 20.4. The smallest absolute Gasteiger partial charge is 0.279 e. The highest BCUT2D eigenvalue weighted by Gasteiger charge is 2.21. The molecule has 0 fully saturated rings. The fraction of sp³-hybridized carbons (Fsp3) is 0.182. The van der Waals surface area contributed by atoms with Crippen molar-refractivity contribution in [1.29, 1.82) is 0 Å². The Kier molecular flexibility index (Phi) is 5.22. The highest BCUT2D eigenvalue weighted by molar-refractivity contribution is 7.17. The minimum absolute atomic E-state index is 0.337. The van der Waals surface area contributed by atoms with E-state index in [-0.39, 0.29) is 5.91 Å². The number of thiophene rings is 1. The molecule has 0 spiro atoms. The number of amides is 2. The summed E-state index contributed by atoms with van der Waals surface area (Å²) in [6.45, 7) is 0. The van der Waals surface area contributed by atoms with Gasteiger partial charge in [-0.2, -0.15) is 0 Å². The lowest BCUT2D eigenvalue weighted by Crippen LogP contribution is -2.41. The van der Waals surface area contributed by atoms with Crippen molar-refractivity contribution in [2.75, 3.05) is 14.2 Å². The zero-order valence-electron chi connectivity index (χ0n) is 16.1. The number of hydrogen-bond donors (Lipinski definition) is 2. The van der Waals surface area contributed by atoms with Crippen molar-refractivity contribution in [3.63, 3.8) is 0 Å². The van der Waals surface area contributed by atoms with E-state index in [0.29, 0.717) is 21.9 Å². The summed E-state index contributed by atoms with van der Waals surface area (Å²) in [7, 11) is 3.02. The van der Waals surface area contributed by atoms with Crippen LogP contribution in [0.2, 0.25) is 0 Å². The van der Waals surface area contributed by atoms with Gasteiger partial charge in [0.2, 0.25) is 0 Å². The molecule has 4 rings (SSSR count). The largest absolute Gasteiger partial charge is 0.493 e. The van der Waals surface area contributed by atoms with E-state index in [9.17, 15) is 9.59 Å². The van der Waals surface area contributed by atoms with Crippen LogP contribution in [-0.2, 0) is 12.8 Å². The van der Waals surface area contributed by atoms with Crippen LogP contribution in [0.3, 0.4) is 0 Å². The van der Waals surface area contributed by atoms with E-state index in [4.69, 9.17) is 9.47 Å². The second-order valence-electron chi connectivity index (χ2n) is 6.60. The molecule has 3 aromatic rings. The molecule has 2 aromatic carbocycles. The van der Waals surface area contributed by atoms with Crippen molar-refractivity contribution in [2.45, 2.75) is 12.8 Å². The minimum atomic E-state index is -0.439. The number of nitrogens with one attached hydrogen (secondary N) is 2. The highest BCUT2D eigenvalue weighted by Crippen LogP contribution is 2.39. The van der Waals surface area contributed by atoms with Crippen molar-refractivity contribution in [1.82, 2.24) is 10.9 Å². The van der Waals surface area contributed by atoms with Crippen LogP contribution in [0.15, 0.2) is 48.5 Å². The molecule has 0 saturated carbocycles. The maximum atomic E-state index is 12.6. The molecular formula is C22H20N2O4S. The number of aryl methyl sites for hydroxylation is 2. The van der Waals surface area contributed by atoms with E-state index in [0.717, 1.165) is 17.7 Å². The average molecular weight is 408 g/mol. The zero-order valence-corrected chi connectivity index (χ0v) is 16.9. The number of fused-ring (bicyclic) bond motifs is 3. The first-order valence-electron chi connectivity index (χ1n) is 9.14. The maximum Gasteiger partial charge on any atom is 0.279 e. The molecule has 0 unspecified atom stereocenters. The molecule has 1 aromatic heterocycles. The fourth-order valence-corrected chi connectivity index (χ4v) is 4.57. The number of rotatable bonds is 4. The first kappa shape index (κ1) is 19.0. The molecule has 2 N–H and O–H groups in total. The van der Waals surface area contributed by atoms with Gasteiger partial charge in [0.05, 0.1) is 19.1 Å². The predicted octanol–water partition coefficient (Wildman–Crippen LogP) is 3.61. The summed E-state index contributed by atoms with van der Waals surface area (Å²) in [5, 5.41) is 0. The van der Waals surface area contributed by atoms with Crippen LogP contribution in [0, 0.1) is 0 Å². The number of hydrazine groups is 1. The lowest BCUT2D eigenvalue weighted by atomic mass is 9.91. The molecule has 1 heterocycles. The monoisotopic (exact) mass is 408 g/mol. The Labute approximate surface area is 172 Å². The summed E-state index contributed by atoms with van der Waals surface area (Å²) in [5.74, 6) is 0.190. The SMILES string of the molecule is COc1ccc(C(=O)NNC(=O)c2cc3c(s2)-c2ccccc2CC3)cc1OC. The Hall–Kier alpha value is -3.32. The fourth-order valence-electron chi connectivity index (χ4n) is 3.41. The van der Waals surface area contributed by atoms with Gasteiger partial charge < -0.3 is 9.47 Å². The molecule has 148 valence electrons. The third-order valence-corrected chi connectivity index (χ3v) is 6.10. The quantitative estimate of drug-likeness (QED) is 0.647. The Balaban J connectivity index is 1.46. The molecule has 0 radical (unpaired) electrons. The highest BCUT2D eigenvalue weighted by atomic mass is 32.1. The van der Waals surface area contributed by atoms with Crippen LogP contribution in [0.4, 0.5) is 0 Å². The van der Waals surface area contributed by atoms with Crippen LogP contribution < -0.4 is 20.3 Å². The van der Waals surface area contributed by atoms with Crippen molar-refractivity contribution < 1.29 is 19.1 Å². The van der Waals surface area contributed by atoms with Gasteiger partial charge in [0, 0.05) is 10.4 Å². The van der Waals surface area contributed by atoms with Crippen molar-refractivity contribution in [3.8, 4) is 21.9 Å². The van der Waals surface area contributed by atoms with E-state index >= 15 is 0 Å². The standard InChI is InChI=1S/C22H20N2O4S/c1-27-17-10-9-15(11-18(17)28-2)21(25)23-24-22(26)19-12-14-8-7-13-5-3-4-6-16(13)20(14)29-19/h3-6,9-12H,7-8H2,1-2H3,(H,23,25)(H,24,26). The first-order chi connectivity index (χ1) is 14.1. The van der Waals surface area contributed by atoms with E-state index in [2.05, 4.69) is 23.0 Å². The summed E-state index contributed by atoms with van der Waals surface area (Å²) in [6, 6.07) is 15.0. The maximum absolute atomic E-state index is 12.6. The van der Waals surface area contributed by atoms with E-state index in [1.807, 2.05) is 18.2 Å². The molecule has 0 bridgehead atoms. The molecule has 7 heteroatoms. The second kappa shape index (κ2) is 7.97. The minimum Gasteiger partial charge on any atom is -0.493 e. The Morgan fingerprint density at radius 3 is 2.38 bits per heavy atom. The molecule has 1 aliphatic carbocycles. The van der Waals surface area contributed by atoms with Gasteiger partial charge >= 0.3 is 0 Å². The van der Waals surface area contributed by atoms with Crippen LogP contribution in [0.1, 0.15) is 31.2 Å². The second-order valence-corrected chi connectivity index (χ2v) is 7.65. The normalized spacial score (nSPS) is 11.8. The molecular weight excluding hydrogens is 388 g/mol. The Bertz CT molecular complexity index is 1090. The number of ether oxygens (including phenoxy) is 2. The van der Waals surface area contributed by atoms with Gasteiger partial charge in [-0.25, -0.2) is 0 Å². The van der Waals surface area contributed by atoms with E-state index in [1.165, 1.54) is 42.2 Å². The molecule has 1 aliphatic rings. The van der Waals surface area contributed by atoms with Crippen molar-refractivity contribution in [3.05, 3.63) is 70.1 Å². The van der Waals surface area contributed by atoms with Crippen LogP contribution in [-0.4, -0.2) is 26.0 Å². The van der Waals surface area contributed by atoms with Gasteiger partial charge in [0.1, 0.15) is 0 Å². The van der Waals surface area contributed by atoms with Gasteiger partial charge in [-0.05, 0) is 53.8 Å². The third-order valence-electron chi connectivity index (χ3n) is 4.89. The van der Waals surface area contributed by atoms with Crippen LogP contribution >= 0.6 is 11.3 Å². The summed E-state index contributed by atoms with van der Waals surface area (Å²) in [6.07, 6.45) is 1.88. The van der Waals surface area contributed by atoms with Crippen molar-refractivity contribution >= 4 is 23.2 Å². The average Bonchev–Trinajstić information content (AvgIpc) is 3.21. The molecule has 29 heavy (non-hydrogen) atoms. The lowest BCUT2D eigenvalue weighted by Gasteiger charge is -2.15. The number of hydrogen-bond acceptors (Lipinski definition) is 5. The number of methoxy groups -OCH3 is 2. The number of carbonyl (C=O) groups excluding carboxylic acids is 2. The number of carbonyl (C=O) groups is 2. The summed E-state index contributed by atoms with van der Waals surface area (Å²) < 4.78 is 10.4. The Morgan fingerprint density at radius 1 is 0.862 bits per heavy atom. The molecule has 2 amide bonds. The van der Waals surface area contributed by atoms with Gasteiger partial charge in [0.15, 0.2) is 11.5 Å². The molecule has 0 aliphatic heterocycles. The van der Waals surface area contributed by atoms with E-state index < -0.39 is 5.91 Å². The summed E-state index contributed by atoms with van der Waals surface area (Å²) in [5.41, 5.74) is 8.96. The predicted molar refractivity (Wildman–Crippen MR) is 112 cm³/mol. The van der Waals surface area contributed by atoms with Crippen molar-refractivity contribution in [2.24, 2.45) is 0 Å². The molecule has 6 nitrogen and oxygen atoms in total. The lowest BCUT2D eigenvalue weighted by molar-refractivity contribution is 0.0848. The molecule has 0 atom stereocenters. The van der Waals surface area contributed by atoms with Gasteiger partial charge in [-0.15, -0.1) is 11.3 Å². The van der Waals surface area contributed by atoms with Gasteiger partial charge in [0.25, 0.3) is 11.8 Å². The first-order valence-corrected chi connectivity index (χ1v) is 9.96. The summed E-state index contributed by atoms with van der Waals surface area (Å²) >= 11 is 1.44. The topological polar surface area (TPSA) is 76.7 Å². The van der Waals surface area contributed by atoms with Gasteiger partial charge in [-0.1, -0.05) is 24.3 Å². The number of benzene rings is 2. The Morgan fingerprint density at radius 2 is 1.59 bits per heavy atom. The van der Waals surface area contributed by atoms with E-state index in [1.54, 1.807) is 18.2 Å². The van der Waals surface area contributed by atoms with Gasteiger partial charge in [-0.3, -0.25) is 20.4 Å². The third kappa shape index (κ3) is 3.69. The van der Waals surface area contributed by atoms with Crippen LogP contribution in [0.25, 0.3) is 10.4 Å². The molecule has 0 saturated heterocycles. The summed E-state index contributed by atoms with van der Waals surface area (Å²) in [4.78, 5) is 26.7. The van der Waals surface area contributed by atoms with Crippen LogP contribution in [0.5, 0.6) is 11.5 Å².